The van der Waals surface area contributed by atoms with Crippen molar-refractivity contribution in [1.82, 2.24) is 15.1 Å². The van der Waals surface area contributed by atoms with Crippen molar-refractivity contribution in [3.63, 3.8) is 0 Å². The molecule has 1 heterocycles. The maximum Gasteiger partial charge on any atom is 0.319 e. The number of hydrogen-bond donors (Lipinski definition) is 2. The number of amides is 2. The van der Waals surface area contributed by atoms with Crippen molar-refractivity contribution in [2.45, 2.75) is 25.3 Å². The minimum atomic E-state index is 0.0380. The summed E-state index contributed by atoms with van der Waals surface area (Å²) in [5.74, 6) is 1.17. The highest BCUT2D eigenvalue weighted by molar-refractivity contribution is 5.74. The molecular formula is C12H23N3O2. The Balaban J connectivity index is 1.93. The molecule has 0 aromatic rings. The Hall–Kier alpha value is -0.810. The molecular weight excluding hydrogens is 218 g/mol. The molecule has 2 aliphatic rings. The van der Waals surface area contributed by atoms with Gasteiger partial charge in [0.2, 0.25) is 0 Å². The van der Waals surface area contributed by atoms with Crippen molar-refractivity contribution in [3.05, 3.63) is 0 Å². The van der Waals surface area contributed by atoms with E-state index in [9.17, 15) is 4.79 Å². The number of carbonyl (C=O) groups is 1. The van der Waals surface area contributed by atoms with Gasteiger partial charge in [-0.2, -0.15) is 0 Å². The largest absolute Gasteiger partial charge is 0.381 e. The molecule has 17 heavy (non-hydrogen) atoms. The molecule has 1 aliphatic carbocycles. The van der Waals surface area contributed by atoms with E-state index in [1.165, 1.54) is 0 Å². The van der Waals surface area contributed by atoms with Gasteiger partial charge in [-0.25, -0.2) is 4.79 Å². The molecule has 0 aromatic heterocycles. The van der Waals surface area contributed by atoms with Crippen LogP contribution in [0.4, 0.5) is 4.79 Å². The fourth-order valence-corrected chi connectivity index (χ4v) is 3.42. The third kappa shape index (κ3) is 2.40. The Bertz CT molecular complexity index is 292. The summed E-state index contributed by atoms with van der Waals surface area (Å²) in [5, 5.41) is 12.1. The van der Waals surface area contributed by atoms with Crippen LogP contribution >= 0.6 is 0 Å². The molecule has 2 rings (SSSR count). The van der Waals surface area contributed by atoms with Gasteiger partial charge < -0.3 is 14.9 Å². The van der Waals surface area contributed by atoms with E-state index in [4.69, 9.17) is 5.11 Å². The summed E-state index contributed by atoms with van der Waals surface area (Å²) >= 11 is 0. The van der Waals surface area contributed by atoms with E-state index in [1.54, 1.807) is 19.0 Å². The summed E-state index contributed by atoms with van der Waals surface area (Å²) in [5.41, 5.74) is 0.0529. The molecule has 0 aromatic carbocycles. The molecule has 2 N–H and O–H groups in total. The van der Waals surface area contributed by atoms with Crippen LogP contribution in [0.15, 0.2) is 0 Å². The second-order valence-corrected chi connectivity index (χ2v) is 5.91. The number of likely N-dealkylation sites (tertiary alicyclic amines) is 1. The lowest BCUT2D eigenvalue weighted by molar-refractivity contribution is 0.168. The van der Waals surface area contributed by atoms with Gasteiger partial charge in [0.15, 0.2) is 0 Å². The molecule has 0 bridgehead atoms. The highest BCUT2D eigenvalue weighted by Crippen LogP contribution is 2.43. The molecule has 2 fully saturated rings. The SMILES string of the molecule is CN(C)C(=O)N1C[C@@H]2CC(C)(NCO)C[C@@H]2C1. The van der Waals surface area contributed by atoms with Crippen LogP contribution in [0.25, 0.3) is 0 Å². The van der Waals surface area contributed by atoms with Gasteiger partial charge in [0.1, 0.15) is 0 Å². The van der Waals surface area contributed by atoms with Crippen LogP contribution in [0.3, 0.4) is 0 Å². The minimum absolute atomic E-state index is 0.0380. The second kappa shape index (κ2) is 4.46. The van der Waals surface area contributed by atoms with E-state index in [0.717, 1.165) is 25.9 Å². The van der Waals surface area contributed by atoms with E-state index in [-0.39, 0.29) is 18.3 Å². The topological polar surface area (TPSA) is 55.8 Å². The van der Waals surface area contributed by atoms with Crippen LogP contribution in [-0.2, 0) is 0 Å². The second-order valence-electron chi connectivity index (χ2n) is 5.91. The third-order valence-electron chi connectivity index (χ3n) is 4.16. The lowest BCUT2D eigenvalue weighted by Crippen LogP contribution is -2.43. The van der Waals surface area contributed by atoms with Crippen molar-refractivity contribution in [2.75, 3.05) is 33.9 Å². The molecule has 3 atom stereocenters. The summed E-state index contributed by atoms with van der Waals surface area (Å²) in [6, 6.07) is 0.122. The van der Waals surface area contributed by atoms with Gasteiger partial charge in [-0.1, -0.05) is 0 Å². The van der Waals surface area contributed by atoms with E-state index in [1.807, 2.05) is 4.90 Å². The fraction of sp³-hybridized carbons (Fsp3) is 0.917. The summed E-state index contributed by atoms with van der Waals surface area (Å²) in [6.07, 6.45) is 2.10. The number of hydrogen-bond acceptors (Lipinski definition) is 3. The number of aliphatic hydroxyl groups excluding tert-OH is 1. The van der Waals surface area contributed by atoms with Crippen LogP contribution in [0.5, 0.6) is 0 Å². The number of nitrogens with one attached hydrogen (secondary N) is 1. The average molecular weight is 241 g/mol. The van der Waals surface area contributed by atoms with E-state index in [0.29, 0.717) is 11.8 Å². The van der Waals surface area contributed by atoms with Gasteiger partial charge >= 0.3 is 6.03 Å². The average Bonchev–Trinajstić information content (AvgIpc) is 2.71. The van der Waals surface area contributed by atoms with Gasteiger partial charge in [0, 0.05) is 32.7 Å². The highest BCUT2D eigenvalue weighted by atomic mass is 16.3. The maximum absolute atomic E-state index is 11.9. The van der Waals surface area contributed by atoms with Crippen molar-refractivity contribution in [1.29, 1.82) is 0 Å². The van der Waals surface area contributed by atoms with Gasteiger partial charge in [0.05, 0.1) is 6.73 Å². The molecule has 5 heteroatoms. The minimum Gasteiger partial charge on any atom is -0.381 e. The molecule has 2 amide bonds. The monoisotopic (exact) mass is 241 g/mol. The molecule has 0 radical (unpaired) electrons. The summed E-state index contributed by atoms with van der Waals surface area (Å²) in [7, 11) is 3.60. The molecule has 1 saturated carbocycles. The van der Waals surface area contributed by atoms with Gasteiger partial charge in [-0.3, -0.25) is 5.32 Å². The van der Waals surface area contributed by atoms with Crippen molar-refractivity contribution >= 4 is 6.03 Å². The van der Waals surface area contributed by atoms with E-state index < -0.39 is 0 Å². The van der Waals surface area contributed by atoms with Gasteiger partial charge in [-0.05, 0) is 31.6 Å². The van der Waals surface area contributed by atoms with E-state index >= 15 is 0 Å². The number of rotatable bonds is 2. The first-order valence-electron chi connectivity index (χ1n) is 6.27. The van der Waals surface area contributed by atoms with Gasteiger partial charge in [-0.15, -0.1) is 0 Å². The number of urea groups is 1. The Morgan fingerprint density at radius 1 is 1.41 bits per heavy atom. The zero-order valence-corrected chi connectivity index (χ0v) is 10.9. The third-order valence-corrected chi connectivity index (χ3v) is 4.16. The summed E-state index contributed by atoms with van der Waals surface area (Å²) < 4.78 is 0. The van der Waals surface area contributed by atoms with Crippen LogP contribution < -0.4 is 5.32 Å². The van der Waals surface area contributed by atoms with Crippen molar-refractivity contribution < 1.29 is 9.90 Å². The molecule has 1 aliphatic heterocycles. The molecule has 0 spiro atoms. The number of carbonyl (C=O) groups excluding carboxylic acids is 1. The normalized spacial score (nSPS) is 36.1. The van der Waals surface area contributed by atoms with Crippen LogP contribution in [0, 0.1) is 11.8 Å². The first-order chi connectivity index (χ1) is 7.95. The zero-order valence-electron chi connectivity index (χ0n) is 10.9. The summed E-state index contributed by atoms with van der Waals surface area (Å²) in [6.45, 7) is 3.94. The predicted molar refractivity (Wildman–Crippen MR) is 65.5 cm³/mol. The Labute approximate surface area is 103 Å². The fourth-order valence-electron chi connectivity index (χ4n) is 3.42. The molecule has 1 saturated heterocycles. The van der Waals surface area contributed by atoms with Crippen molar-refractivity contribution in [3.8, 4) is 0 Å². The van der Waals surface area contributed by atoms with Crippen LogP contribution in [-0.4, -0.2) is 60.4 Å². The lowest BCUT2D eigenvalue weighted by Gasteiger charge is -2.28. The number of fused-ring (bicyclic) bond motifs is 1. The predicted octanol–water partition coefficient (Wildman–Crippen LogP) is 0.308. The molecule has 1 unspecified atom stereocenters. The maximum atomic E-state index is 11.9. The Morgan fingerprint density at radius 3 is 2.35 bits per heavy atom. The quantitative estimate of drug-likeness (QED) is 0.684. The van der Waals surface area contributed by atoms with Crippen LogP contribution in [0.1, 0.15) is 19.8 Å². The first kappa shape index (κ1) is 12.6. The Morgan fingerprint density at radius 2 is 1.94 bits per heavy atom. The molecule has 98 valence electrons. The van der Waals surface area contributed by atoms with Gasteiger partial charge in [0.25, 0.3) is 0 Å². The lowest BCUT2D eigenvalue weighted by atomic mass is 9.98. The number of nitrogens with zero attached hydrogens (tertiary/aromatic N) is 2. The first-order valence-corrected chi connectivity index (χ1v) is 6.27. The number of aliphatic hydroxyl groups is 1. The van der Waals surface area contributed by atoms with Crippen molar-refractivity contribution in [2.24, 2.45) is 11.8 Å². The smallest absolute Gasteiger partial charge is 0.319 e. The Kier molecular flexibility index (Phi) is 3.32. The highest BCUT2D eigenvalue weighted by Gasteiger charge is 2.47. The van der Waals surface area contributed by atoms with Crippen LogP contribution in [0.2, 0.25) is 0 Å². The van der Waals surface area contributed by atoms with E-state index in [2.05, 4.69) is 12.2 Å². The zero-order chi connectivity index (χ0) is 12.6. The summed E-state index contributed by atoms with van der Waals surface area (Å²) in [4.78, 5) is 15.5. The molecule has 5 nitrogen and oxygen atoms in total. The standard InChI is InChI=1S/C12H23N3O2/c1-12(13-8-16)4-9-6-15(7-10(9)5-12)11(17)14(2)3/h9-10,13,16H,4-8H2,1-3H3/t9-,10+,12?.